The number of amides is 1. The molecular weight excluding hydrogens is 356 g/mol. The molecule has 0 aliphatic heterocycles. The summed E-state index contributed by atoms with van der Waals surface area (Å²) in [6.07, 6.45) is 0.392. The maximum absolute atomic E-state index is 12.0. The molecule has 1 amide bonds. The van der Waals surface area contributed by atoms with Crippen molar-refractivity contribution in [2.45, 2.75) is 13.0 Å². The highest BCUT2D eigenvalue weighted by Gasteiger charge is 2.09. The Kier molecular flexibility index (Phi) is 7.26. The number of carbonyl (C=O) groups excluding carboxylic acids is 1. The highest BCUT2D eigenvalue weighted by Crippen LogP contribution is 2.14. The number of benzene rings is 2. The van der Waals surface area contributed by atoms with E-state index in [0.29, 0.717) is 19.5 Å². The molecule has 2 aromatic rings. The van der Waals surface area contributed by atoms with Crippen LogP contribution in [0.25, 0.3) is 0 Å². The van der Waals surface area contributed by atoms with Gasteiger partial charge in [-0.15, -0.1) is 0 Å². The molecule has 0 fully saturated rings. The molecule has 23 heavy (non-hydrogen) atoms. The Hall–Kier alpha value is -1.69. The smallest absolute Gasteiger partial charge is 0.225 e. The molecule has 4 nitrogen and oxygen atoms in total. The minimum Gasteiger partial charge on any atom is -0.395 e. The van der Waals surface area contributed by atoms with Gasteiger partial charge in [-0.3, -0.25) is 9.69 Å². The normalized spacial score (nSPS) is 10.7. The van der Waals surface area contributed by atoms with Crippen molar-refractivity contribution in [2.75, 3.05) is 25.0 Å². The molecule has 0 heterocycles. The molecule has 2 N–H and O–H groups in total. The number of anilines is 1. The van der Waals surface area contributed by atoms with Crippen LogP contribution in [0.15, 0.2) is 59.1 Å². The van der Waals surface area contributed by atoms with E-state index in [4.69, 9.17) is 0 Å². The van der Waals surface area contributed by atoms with Crippen molar-refractivity contribution < 1.29 is 9.90 Å². The van der Waals surface area contributed by atoms with E-state index in [0.717, 1.165) is 16.7 Å². The number of aliphatic hydroxyl groups is 1. The molecule has 0 spiro atoms. The average molecular weight is 377 g/mol. The van der Waals surface area contributed by atoms with E-state index >= 15 is 0 Å². The molecule has 0 radical (unpaired) electrons. The number of aliphatic hydroxyl groups excluding tert-OH is 1. The summed E-state index contributed by atoms with van der Waals surface area (Å²) in [4.78, 5) is 14.1. The number of halogens is 1. The van der Waals surface area contributed by atoms with Crippen LogP contribution in [0, 0.1) is 0 Å². The Morgan fingerprint density at radius 1 is 1.04 bits per heavy atom. The van der Waals surface area contributed by atoms with Gasteiger partial charge >= 0.3 is 0 Å². The maximum Gasteiger partial charge on any atom is 0.225 e. The fourth-order valence-corrected chi connectivity index (χ4v) is 2.53. The van der Waals surface area contributed by atoms with Gasteiger partial charge in [0.15, 0.2) is 0 Å². The predicted octanol–water partition coefficient (Wildman–Crippen LogP) is 3.27. The molecular formula is C18H21BrN2O2. The number of hydrogen-bond acceptors (Lipinski definition) is 3. The summed E-state index contributed by atoms with van der Waals surface area (Å²) >= 11 is 3.37. The van der Waals surface area contributed by atoms with Gasteiger partial charge in [0.25, 0.3) is 0 Å². The third-order valence-electron chi connectivity index (χ3n) is 3.45. The molecule has 0 saturated heterocycles. The highest BCUT2D eigenvalue weighted by atomic mass is 79.9. The third-order valence-corrected chi connectivity index (χ3v) is 3.98. The van der Waals surface area contributed by atoms with E-state index < -0.39 is 0 Å². The summed E-state index contributed by atoms with van der Waals surface area (Å²) in [7, 11) is 0. The molecule has 2 aromatic carbocycles. The Balaban J connectivity index is 1.83. The minimum atomic E-state index is -0.0247. The third kappa shape index (κ3) is 6.52. The SMILES string of the molecule is O=C(CCN(CCO)Cc1ccccc1)Nc1ccc(Br)cc1. The molecule has 0 bridgehead atoms. The zero-order valence-electron chi connectivity index (χ0n) is 12.9. The fourth-order valence-electron chi connectivity index (χ4n) is 2.27. The number of nitrogens with one attached hydrogen (secondary N) is 1. The van der Waals surface area contributed by atoms with E-state index in [-0.39, 0.29) is 12.5 Å². The van der Waals surface area contributed by atoms with Crippen molar-refractivity contribution in [3.05, 3.63) is 64.6 Å². The molecule has 0 saturated carbocycles. The highest BCUT2D eigenvalue weighted by molar-refractivity contribution is 9.10. The van der Waals surface area contributed by atoms with Gasteiger partial charge < -0.3 is 10.4 Å². The van der Waals surface area contributed by atoms with Crippen LogP contribution in [0.3, 0.4) is 0 Å². The van der Waals surface area contributed by atoms with Gasteiger partial charge in [0.1, 0.15) is 0 Å². The lowest BCUT2D eigenvalue weighted by Crippen LogP contribution is -2.30. The van der Waals surface area contributed by atoms with Crippen LogP contribution in [-0.2, 0) is 11.3 Å². The molecule has 0 atom stereocenters. The quantitative estimate of drug-likeness (QED) is 0.743. The Morgan fingerprint density at radius 2 is 1.74 bits per heavy atom. The summed E-state index contributed by atoms with van der Waals surface area (Å²) in [6.45, 7) is 1.98. The second kappa shape index (κ2) is 9.45. The van der Waals surface area contributed by atoms with Gasteiger partial charge in [-0.2, -0.15) is 0 Å². The van der Waals surface area contributed by atoms with Crippen molar-refractivity contribution in [3.8, 4) is 0 Å². The minimum absolute atomic E-state index is 0.0247. The largest absolute Gasteiger partial charge is 0.395 e. The summed E-state index contributed by atoms with van der Waals surface area (Å²) in [5, 5.41) is 12.1. The summed E-state index contributed by atoms with van der Waals surface area (Å²) in [5.74, 6) is -0.0247. The topological polar surface area (TPSA) is 52.6 Å². The monoisotopic (exact) mass is 376 g/mol. The molecule has 0 unspecified atom stereocenters. The summed E-state index contributed by atoms with van der Waals surface area (Å²) < 4.78 is 0.979. The van der Waals surface area contributed by atoms with Crippen molar-refractivity contribution in [3.63, 3.8) is 0 Å². The van der Waals surface area contributed by atoms with E-state index in [9.17, 15) is 9.90 Å². The standard InChI is InChI=1S/C18H21BrN2O2/c19-16-6-8-17(9-7-16)20-18(23)10-11-21(12-13-22)14-15-4-2-1-3-5-15/h1-9,22H,10-14H2,(H,20,23). The number of rotatable bonds is 8. The lowest BCUT2D eigenvalue weighted by molar-refractivity contribution is -0.116. The van der Waals surface area contributed by atoms with Crippen LogP contribution in [0.1, 0.15) is 12.0 Å². The Labute approximate surface area is 145 Å². The molecule has 122 valence electrons. The van der Waals surface area contributed by atoms with Gasteiger partial charge in [-0.25, -0.2) is 0 Å². The van der Waals surface area contributed by atoms with Crippen molar-refractivity contribution >= 4 is 27.5 Å². The second-order valence-corrected chi connectivity index (χ2v) is 6.21. The lowest BCUT2D eigenvalue weighted by Gasteiger charge is -2.21. The first-order valence-corrected chi connectivity index (χ1v) is 8.39. The van der Waals surface area contributed by atoms with Crippen molar-refractivity contribution in [2.24, 2.45) is 0 Å². The number of hydrogen-bond donors (Lipinski definition) is 2. The second-order valence-electron chi connectivity index (χ2n) is 5.29. The van der Waals surface area contributed by atoms with Crippen molar-refractivity contribution in [1.82, 2.24) is 4.90 Å². The van der Waals surface area contributed by atoms with Crippen LogP contribution < -0.4 is 5.32 Å². The van der Waals surface area contributed by atoms with E-state index in [1.165, 1.54) is 5.56 Å². The predicted molar refractivity (Wildman–Crippen MR) is 96.2 cm³/mol. The zero-order valence-corrected chi connectivity index (χ0v) is 14.5. The Bertz CT molecular complexity index is 602. The molecule has 0 aliphatic carbocycles. The van der Waals surface area contributed by atoms with E-state index in [1.54, 1.807) is 0 Å². The van der Waals surface area contributed by atoms with Gasteiger partial charge in [0.2, 0.25) is 5.91 Å². The molecule has 0 aromatic heterocycles. The molecule has 0 aliphatic rings. The van der Waals surface area contributed by atoms with Crippen LogP contribution in [0.5, 0.6) is 0 Å². The zero-order chi connectivity index (χ0) is 16.5. The van der Waals surface area contributed by atoms with Gasteiger partial charge in [0.05, 0.1) is 6.61 Å². The van der Waals surface area contributed by atoms with Gasteiger partial charge in [-0.1, -0.05) is 46.3 Å². The van der Waals surface area contributed by atoms with Crippen LogP contribution in [-0.4, -0.2) is 35.6 Å². The Morgan fingerprint density at radius 3 is 2.39 bits per heavy atom. The van der Waals surface area contributed by atoms with E-state index in [2.05, 4.69) is 26.1 Å². The van der Waals surface area contributed by atoms with E-state index in [1.807, 2.05) is 54.6 Å². The van der Waals surface area contributed by atoms with Crippen molar-refractivity contribution in [1.29, 1.82) is 0 Å². The summed E-state index contributed by atoms with van der Waals surface area (Å²) in [5.41, 5.74) is 1.96. The molecule has 2 rings (SSSR count). The maximum atomic E-state index is 12.0. The summed E-state index contributed by atoms with van der Waals surface area (Å²) in [6, 6.07) is 17.6. The lowest BCUT2D eigenvalue weighted by atomic mass is 10.2. The van der Waals surface area contributed by atoms with Gasteiger partial charge in [0, 0.05) is 36.2 Å². The van der Waals surface area contributed by atoms with Gasteiger partial charge in [-0.05, 0) is 29.8 Å². The first-order chi connectivity index (χ1) is 11.2. The van der Waals surface area contributed by atoms with Crippen LogP contribution in [0.2, 0.25) is 0 Å². The van der Waals surface area contributed by atoms with Crippen LogP contribution >= 0.6 is 15.9 Å². The van der Waals surface area contributed by atoms with Crippen LogP contribution in [0.4, 0.5) is 5.69 Å². The number of carbonyl (C=O) groups is 1. The average Bonchev–Trinajstić information content (AvgIpc) is 2.56. The number of nitrogens with zero attached hydrogens (tertiary/aromatic N) is 1. The fraction of sp³-hybridized carbons (Fsp3) is 0.278. The first kappa shape index (κ1) is 17.7. The molecule has 5 heteroatoms. The first-order valence-electron chi connectivity index (χ1n) is 7.60.